The van der Waals surface area contributed by atoms with Crippen LogP contribution in [0, 0.1) is 22.7 Å². The lowest BCUT2D eigenvalue weighted by Gasteiger charge is -2.04. The fraction of sp³-hybridized carbons (Fsp3) is 0.0588. The van der Waals surface area contributed by atoms with Crippen LogP contribution >= 0.6 is 0 Å². The summed E-state index contributed by atoms with van der Waals surface area (Å²) in [5.41, 5.74) is 3.80. The van der Waals surface area contributed by atoms with Crippen LogP contribution in [0.1, 0.15) is 11.1 Å². The molecule has 3 heteroatoms. The van der Waals surface area contributed by atoms with Crippen molar-refractivity contribution in [1.82, 2.24) is 0 Å². The molecular formula is C17H12N2O. The van der Waals surface area contributed by atoms with Gasteiger partial charge in [-0.1, -0.05) is 42.5 Å². The molecule has 0 saturated carbocycles. The van der Waals surface area contributed by atoms with Gasteiger partial charge in [0.1, 0.15) is 17.7 Å². The number of allylic oxidation sites excluding steroid dienone is 1. The van der Waals surface area contributed by atoms with Crippen molar-refractivity contribution >= 4 is 6.08 Å². The minimum absolute atomic E-state index is 0.0162. The van der Waals surface area contributed by atoms with Crippen molar-refractivity contribution in [1.29, 1.82) is 10.5 Å². The molecule has 0 spiro atoms. The van der Waals surface area contributed by atoms with Crippen LogP contribution in [0.15, 0.2) is 54.1 Å². The Labute approximate surface area is 117 Å². The Bertz CT molecular complexity index is 700. The third kappa shape index (κ3) is 3.11. The average Bonchev–Trinajstić information content (AvgIpc) is 2.53. The van der Waals surface area contributed by atoms with E-state index >= 15 is 0 Å². The van der Waals surface area contributed by atoms with Crippen molar-refractivity contribution in [2.24, 2.45) is 0 Å². The molecule has 2 rings (SSSR count). The van der Waals surface area contributed by atoms with Crippen molar-refractivity contribution in [3.05, 3.63) is 65.2 Å². The van der Waals surface area contributed by atoms with E-state index in [1.807, 2.05) is 60.7 Å². The smallest absolute Gasteiger partial charge is 0.130 e. The third-order valence-corrected chi connectivity index (χ3v) is 2.91. The molecule has 0 atom stereocenters. The van der Waals surface area contributed by atoms with Crippen molar-refractivity contribution in [3.63, 3.8) is 0 Å². The second-order valence-electron chi connectivity index (χ2n) is 4.26. The number of hydrogen-bond donors (Lipinski definition) is 1. The van der Waals surface area contributed by atoms with Gasteiger partial charge < -0.3 is 5.11 Å². The second-order valence-corrected chi connectivity index (χ2v) is 4.26. The van der Waals surface area contributed by atoms with Gasteiger partial charge in [0.25, 0.3) is 0 Å². The predicted molar refractivity (Wildman–Crippen MR) is 77.0 cm³/mol. The molecule has 0 aromatic heterocycles. The minimum Gasteiger partial charge on any atom is -0.392 e. The molecule has 2 aromatic rings. The van der Waals surface area contributed by atoms with Gasteiger partial charge in [-0.2, -0.15) is 10.5 Å². The summed E-state index contributed by atoms with van der Waals surface area (Å²) in [7, 11) is 0. The number of nitrogens with zero attached hydrogens (tertiary/aromatic N) is 2. The lowest BCUT2D eigenvalue weighted by Crippen LogP contribution is -1.84. The minimum atomic E-state index is 0.0162. The lowest BCUT2D eigenvalue weighted by atomic mass is 10.0. The number of rotatable bonds is 3. The Hall–Kier alpha value is -2.88. The molecule has 96 valence electrons. The number of nitriles is 2. The first-order valence-electron chi connectivity index (χ1n) is 6.09. The number of aliphatic hydroxyl groups excluding tert-OH is 1. The van der Waals surface area contributed by atoms with Crippen LogP contribution < -0.4 is 0 Å². The quantitative estimate of drug-likeness (QED) is 0.861. The molecule has 0 amide bonds. The SMILES string of the molecule is N#CC(C#N)=Cc1ccc(-c2cccc(CO)c2)cc1. The van der Waals surface area contributed by atoms with E-state index in [1.165, 1.54) is 0 Å². The number of benzene rings is 2. The molecule has 0 bridgehead atoms. The molecule has 0 fully saturated rings. The van der Waals surface area contributed by atoms with E-state index in [1.54, 1.807) is 6.08 Å². The summed E-state index contributed by atoms with van der Waals surface area (Å²) in [4.78, 5) is 0. The normalized spacial score (nSPS) is 9.35. The van der Waals surface area contributed by atoms with Crippen molar-refractivity contribution < 1.29 is 5.11 Å². The van der Waals surface area contributed by atoms with Gasteiger partial charge in [0.2, 0.25) is 0 Å². The highest BCUT2D eigenvalue weighted by molar-refractivity contribution is 5.68. The van der Waals surface area contributed by atoms with E-state index in [0.717, 1.165) is 22.3 Å². The van der Waals surface area contributed by atoms with Crippen LogP contribution in [0.2, 0.25) is 0 Å². The Morgan fingerprint density at radius 3 is 2.30 bits per heavy atom. The highest BCUT2D eigenvalue weighted by Gasteiger charge is 2.00. The van der Waals surface area contributed by atoms with Gasteiger partial charge >= 0.3 is 0 Å². The molecular weight excluding hydrogens is 248 g/mol. The summed E-state index contributed by atoms with van der Waals surface area (Å²) in [6.07, 6.45) is 1.55. The summed E-state index contributed by atoms with van der Waals surface area (Å²) in [6, 6.07) is 18.9. The van der Waals surface area contributed by atoms with Crippen LogP contribution in [0.5, 0.6) is 0 Å². The van der Waals surface area contributed by atoms with Crippen LogP contribution in [0.3, 0.4) is 0 Å². The molecule has 0 aliphatic heterocycles. The van der Waals surface area contributed by atoms with Crippen LogP contribution in [-0.4, -0.2) is 5.11 Å². The van der Waals surface area contributed by atoms with Crippen molar-refractivity contribution in [2.45, 2.75) is 6.61 Å². The summed E-state index contributed by atoms with van der Waals surface area (Å²) in [5, 5.41) is 26.6. The lowest BCUT2D eigenvalue weighted by molar-refractivity contribution is 0.282. The van der Waals surface area contributed by atoms with E-state index in [0.29, 0.717) is 0 Å². The maximum absolute atomic E-state index is 9.14. The Balaban J connectivity index is 2.31. The molecule has 1 N–H and O–H groups in total. The summed E-state index contributed by atoms with van der Waals surface area (Å²) in [6.45, 7) is 0.0162. The van der Waals surface area contributed by atoms with Gasteiger partial charge in [-0.05, 0) is 34.4 Å². The Morgan fingerprint density at radius 1 is 1.00 bits per heavy atom. The number of aliphatic hydroxyl groups is 1. The van der Waals surface area contributed by atoms with Crippen LogP contribution in [0.25, 0.3) is 17.2 Å². The zero-order valence-electron chi connectivity index (χ0n) is 10.7. The van der Waals surface area contributed by atoms with E-state index < -0.39 is 0 Å². The maximum atomic E-state index is 9.14. The standard InChI is InChI=1S/C17H12N2O/c18-10-15(11-19)8-13-4-6-16(7-5-13)17-3-1-2-14(9-17)12-20/h1-9,20H,12H2. The van der Waals surface area contributed by atoms with Crippen molar-refractivity contribution in [2.75, 3.05) is 0 Å². The first-order valence-corrected chi connectivity index (χ1v) is 6.09. The molecule has 0 saturated heterocycles. The van der Waals surface area contributed by atoms with Gasteiger partial charge in [-0.3, -0.25) is 0 Å². The topological polar surface area (TPSA) is 67.8 Å². The van der Waals surface area contributed by atoms with E-state index in [2.05, 4.69) is 0 Å². The first-order chi connectivity index (χ1) is 9.76. The van der Waals surface area contributed by atoms with Gasteiger partial charge in [0.05, 0.1) is 6.61 Å². The summed E-state index contributed by atoms with van der Waals surface area (Å²) in [5.74, 6) is 0. The van der Waals surface area contributed by atoms with Gasteiger partial charge in [-0.25, -0.2) is 0 Å². The zero-order chi connectivity index (χ0) is 14.4. The van der Waals surface area contributed by atoms with E-state index in [4.69, 9.17) is 15.6 Å². The van der Waals surface area contributed by atoms with Gasteiger partial charge in [0, 0.05) is 0 Å². The highest BCUT2D eigenvalue weighted by atomic mass is 16.3. The molecule has 0 heterocycles. The zero-order valence-corrected chi connectivity index (χ0v) is 10.7. The third-order valence-electron chi connectivity index (χ3n) is 2.91. The highest BCUT2D eigenvalue weighted by Crippen LogP contribution is 2.21. The Morgan fingerprint density at radius 2 is 1.70 bits per heavy atom. The van der Waals surface area contributed by atoms with Crippen LogP contribution in [-0.2, 0) is 6.61 Å². The molecule has 0 aliphatic rings. The van der Waals surface area contributed by atoms with Crippen molar-refractivity contribution in [3.8, 4) is 23.3 Å². The van der Waals surface area contributed by atoms with E-state index in [-0.39, 0.29) is 12.2 Å². The van der Waals surface area contributed by atoms with E-state index in [9.17, 15) is 0 Å². The van der Waals surface area contributed by atoms with Crippen LogP contribution in [0.4, 0.5) is 0 Å². The maximum Gasteiger partial charge on any atom is 0.130 e. The molecule has 0 radical (unpaired) electrons. The summed E-state index contributed by atoms with van der Waals surface area (Å²) >= 11 is 0. The second kappa shape index (κ2) is 6.33. The fourth-order valence-electron chi connectivity index (χ4n) is 1.88. The van der Waals surface area contributed by atoms with Gasteiger partial charge in [0.15, 0.2) is 0 Å². The first kappa shape index (κ1) is 13.5. The van der Waals surface area contributed by atoms with Gasteiger partial charge in [-0.15, -0.1) is 0 Å². The predicted octanol–water partition coefficient (Wildman–Crippen LogP) is 3.28. The molecule has 2 aromatic carbocycles. The molecule has 3 nitrogen and oxygen atoms in total. The average molecular weight is 260 g/mol. The fourth-order valence-corrected chi connectivity index (χ4v) is 1.88. The monoisotopic (exact) mass is 260 g/mol. The Kier molecular flexibility index (Phi) is 4.29. The largest absolute Gasteiger partial charge is 0.392 e. The summed E-state index contributed by atoms with van der Waals surface area (Å²) < 4.78 is 0. The molecule has 20 heavy (non-hydrogen) atoms. The molecule has 0 aliphatic carbocycles. The molecule has 0 unspecified atom stereocenters. The number of hydrogen-bond acceptors (Lipinski definition) is 3.